The lowest BCUT2D eigenvalue weighted by Gasteiger charge is -2.22. The molecule has 1 saturated heterocycles. The zero-order valence-electron chi connectivity index (χ0n) is 16.2. The predicted octanol–water partition coefficient (Wildman–Crippen LogP) is 4.09. The number of amides is 1. The minimum absolute atomic E-state index is 0. The predicted molar refractivity (Wildman–Crippen MR) is 119 cm³/mol. The fourth-order valence-electron chi connectivity index (χ4n) is 3.38. The van der Waals surface area contributed by atoms with Crippen LogP contribution in [0.1, 0.15) is 34.9 Å². The van der Waals surface area contributed by atoms with E-state index in [0.717, 1.165) is 49.4 Å². The summed E-state index contributed by atoms with van der Waals surface area (Å²) in [7, 11) is 0. The van der Waals surface area contributed by atoms with Crippen molar-refractivity contribution in [2.75, 3.05) is 23.7 Å². The van der Waals surface area contributed by atoms with Gasteiger partial charge in [0, 0.05) is 30.7 Å². The Hall–Kier alpha value is -2.83. The number of halogens is 1. The summed E-state index contributed by atoms with van der Waals surface area (Å²) in [5.74, 6) is -0.183. The van der Waals surface area contributed by atoms with Crippen molar-refractivity contribution in [3.63, 3.8) is 0 Å². The summed E-state index contributed by atoms with van der Waals surface area (Å²) in [5, 5.41) is 14.1. The summed E-state index contributed by atoms with van der Waals surface area (Å²) >= 11 is 0. The van der Waals surface area contributed by atoms with Gasteiger partial charge in [-0.15, -0.1) is 12.4 Å². The van der Waals surface area contributed by atoms with Crippen LogP contribution in [0.2, 0.25) is 0 Å². The molecule has 0 saturated carbocycles. The van der Waals surface area contributed by atoms with Crippen molar-refractivity contribution in [1.29, 1.82) is 0 Å². The van der Waals surface area contributed by atoms with E-state index in [-0.39, 0.29) is 18.3 Å². The number of carbonyl (C=O) groups is 1. The first-order chi connectivity index (χ1) is 13.8. The second-order valence-electron chi connectivity index (χ2n) is 7.05. The Bertz CT molecular complexity index is 904. The number of carbonyl (C=O) groups excluding carboxylic acids is 1. The molecule has 1 amide bonds. The van der Waals surface area contributed by atoms with Crippen molar-refractivity contribution in [1.82, 2.24) is 15.1 Å². The number of piperidine rings is 1. The fraction of sp³-hybridized carbons (Fsp3) is 0.273. The quantitative estimate of drug-likeness (QED) is 0.571. The molecule has 0 radical (unpaired) electrons. The molecule has 0 bridgehead atoms. The van der Waals surface area contributed by atoms with E-state index in [1.807, 2.05) is 65.5 Å². The molecule has 1 aliphatic rings. The summed E-state index contributed by atoms with van der Waals surface area (Å²) in [6.07, 6.45) is 4.12. The fourth-order valence-corrected chi connectivity index (χ4v) is 3.38. The van der Waals surface area contributed by atoms with Gasteiger partial charge in [-0.2, -0.15) is 5.10 Å². The number of benzene rings is 2. The SMILES string of the molecule is Cl.O=C(Nc1ccc(CNc2ccccc2)cc1)c1ccn(C2CCCNC2)n1. The lowest BCUT2D eigenvalue weighted by molar-refractivity contribution is 0.102. The summed E-state index contributed by atoms with van der Waals surface area (Å²) in [6.45, 7) is 2.70. The number of para-hydroxylation sites is 1. The van der Waals surface area contributed by atoms with Crippen molar-refractivity contribution in [2.45, 2.75) is 25.4 Å². The molecule has 29 heavy (non-hydrogen) atoms. The summed E-state index contributed by atoms with van der Waals surface area (Å²) in [5.41, 5.74) is 3.45. The van der Waals surface area contributed by atoms with E-state index in [0.29, 0.717) is 11.7 Å². The van der Waals surface area contributed by atoms with E-state index >= 15 is 0 Å². The van der Waals surface area contributed by atoms with Crippen LogP contribution in [-0.4, -0.2) is 28.8 Å². The number of nitrogens with zero attached hydrogens (tertiary/aromatic N) is 2. The summed E-state index contributed by atoms with van der Waals surface area (Å²) < 4.78 is 1.90. The largest absolute Gasteiger partial charge is 0.381 e. The van der Waals surface area contributed by atoms with E-state index in [9.17, 15) is 4.79 Å². The van der Waals surface area contributed by atoms with Gasteiger partial charge >= 0.3 is 0 Å². The maximum atomic E-state index is 12.5. The van der Waals surface area contributed by atoms with Gasteiger partial charge in [-0.25, -0.2) is 0 Å². The zero-order valence-corrected chi connectivity index (χ0v) is 17.0. The number of rotatable bonds is 6. The topological polar surface area (TPSA) is 71.0 Å². The third kappa shape index (κ3) is 5.59. The van der Waals surface area contributed by atoms with Gasteiger partial charge in [0.15, 0.2) is 5.69 Å². The zero-order chi connectivity index (χ0) is 19.2. The van der Waals surface area contributed by atoms with Crippen LogP contribution in [0.3, 0.4) is 0 Å². The Morgan fingerprint density at radius 3 is 2.59 bits per heavy atom. The maximum absolute atomic E-state index is 12.5. The number of aromatic nitrogens is 2. The van der Waals surface area contributed by atoms with Gasteiger partial charge in [0.05, 0.1) is 6.04 Å². The molecule has 7 heteroatoms. The van der Waals surface area contributed by atoms with Gasteiger partial charge < -0.3 is 16.0 Å². The first-order valence-corrected chi connectivity index (χ1v) is 9.73. The van der Waals surface area contributed by atoms with Gasteiger partial charge in [-0.3, -0.25) is 9.48 Å². The van der Waals surface area contributed by atoms with Crippen LogP contribution in [-0.2, 0) is 6.54 Å². The summed E-state index contributed by atoms with van der Waals surface area (Å²) in [4.78, 5) is 12.5. The molecule has 1 aromatic heterocycles. The molecule has 6 nitrogen and oxygen atoms in total. The highest BCUT2D eigenvalue weighted by Gasteiger charge is 2.17. The van der Waals surface area contributed by atoms with Gasteiger partial charge in [0.2, 0.25) is 0 Å². The normalized spacial score (nSPS) is 15.9. The van der Waals surface area contributed by atoms with Gasteiger partial charge in [-0.05, 0) is 55.3 Å². The van der Waals surface area contributed by atoms with Crippen molar-refractivity contribution in [3.8, 4) is 0 Å². The molecule has 1 aliphatic heterocycles. The van der Waals surface area contributed by atoms with E-state index in [1.54, 1.807) is 6.07 Å². The van der Waals surface area contributed by atoms with Gasteiger partial charge in [0.25, 0.3) is 5.91 Å². The second kappa shape index (κ2) is 10.1. The van der Waals surface area contributed by atoms with E-state index in [1.165, 1.54) is 0 Å². The molecule has 2 aromatic carbocycles. The lowest BCUT2D eigenvalue weighted by atomic mass is 10.1. The van der Waals surface area contributed by atoms with Crippen molar-refractivity contribution in [2.24, 2.45) is 0 Å². The molecule has 152 valence electrons. The number of hydrogen-bond acceptors (Lipinski definition) is 4. The van der Waals surface area contributed by atoms with Crippen LogP contribution in [0.4, 0.5) is 11.4 Å². The minimum atomic E-state index is -0.183. The molecule has 0 aliphatic carbocycles. The average Bonchev–Trinajstić information content (AvgIpc) is 3.25. The molecule has 4 rings (SSSR count). The Morgan fingerprint density at radius 1 is 1.07 bits per heavy atom. The monoisotopic (exact) mass is 411 g/mol. The van der Waals surface area contributed by atoms with Gasteiger partial charge in [-0.1, -0.05) is 30.3 Å². The average molecular weight is 412 g/mol. The summed E-state index contributed by atoms with van der Waals surface area (Å²) in [6, 6.07) is 20.1. The van der Waals surface area contributed by atoms with Crippen LogP contribution < -0.4 is 16.0 Å². The highest BCUT2D eigenvalue weighted by atomic mass is 35.5. The van der Waals surface area contributed by atoms with E-state index in [2.05, 4.69) is 21.0 Å². The van der Waals surface area contributed by atoms with Crippen molar-refractivity contribution in [3.05, 3.63) is 78.1 Å². The standard InChI is InChI=1S/C22H25N5O.ClH/c28-22(21-12-14-27(26-21)20-7-4-13-23-16-20)25-19-10-8-17(9-11-19)15-24-18-5-2-1-3-6-18;/h1-3,5-6,8-12,14,20,23-24H,4,7,13,15-16H2,(H,25,28);1H. The maximum Gasteiger partial charge on any atom is 0.276 e. The van der Waals surface area contributed by atoms with Crippen LogP contribution in [0.15, 0.2) is 66.9 Å². The Kier molecular flexibility index (Phi) is 7.27. The van der Waals surface area contributed by atoms with Crippen molar-refractivity contribution < 1.29 is 4.79 Å². The van der Waals surface area contributed by atoms with Crippen molar-refractivity contribution >= 4 is 29.7 Å². The molecule has 2 heterocycles. The molecular formula is C22H26ClN5O. The highest BCUT2D eigenvalue weighted by molar-refractivity contribution is 6.02. The second-order valence-corrected chi connectivity index (χ2v) is 7.05. The number of anilines is 2. The lowest BCUT2D eigenvalue weighted by Crippen LogP contribution is -2.32. The smallest absolute Gasteiger partial charge is 0.276 e. The van der Waals surface area contributed by atoms with Crippen LogP contribution >= 0.6 is 12.4 Å². The van der Waals surface area contributed by atoms with E-state index in [4.69, 9.17) is 0 Å². The molecular weight excluding hydrogens is 386 g/mol. The third-order valence-electron chi connectivity index (χ3n) is 4.97. The highest BCUT2D eigenvalue weighted by Crippen LogP contribution is 2.17. The Balaban J connectivity index is 0.00000240. The van der Waals surface area contributed by atoms with E-state index < -0.39 is 0 Å². The first-order valence-electron chi connectivity index (χ1n) is 9.73. The minimum Gasteiger partial charge on any atom is -0.381 e. The number of hydrogen-bond donors (Lipinski definition) is 3. The Labute approximate surface area is 177 Å². The molecule has 3 aromatic rings. The van der Waals surface area contributed by atoms with Gasteiger partial charge in [0.1, 0.15) is 0 Å². The van der Waals surface area contributed by atoms with Crippen LogP contribution in [0.5, 0.6) is 0 Å². The van der Waals surface area contributed by atoms with Crippen LogP contribution in [0.25, 0.3) is 0 Å². The third-order valence-corrected chi connectivity index (χ3v) is 4.97. The molecule has 1 atom stereocenters. The van der Waals surface area contributed by atoms with Crippen LogP contribution in [0, 0.1) is 0 Å². The molecule has 1 unspecified atom stereocenters. The Morgan fingerprint density at radius 2 is 1.86 bits per heavy atom. The molecule has 3 N–H and O–H groups in total. The first kappa shape index (κ1) is 20.9. The molecule has 0 spiro atoms. The number of nitrogens with one attached hydrogen (secondary N) is 3. The molecule has 1 fully saturated rings.